The zero-order chi connectivity index (χ0) is 8.97. The maximum absolute atomic E-state index is 4.03. The number of nitrogens with zero attached hydrogens (tertiary/aromatic N) is 2. The van der Waals surface area contributed by atoms with Gasteiger partial charge in [-0.15, -0.1) is 0 Å². The molecule has 1 aromatic heterocycles. The Labute approximate surface area is 73.6 Å². The molecule has 0 radical (unpaired) electrons. The van der Waals surface area contributed by atoms with Crippen molar-refractivity contribution in [3.05, 3.63) is 18.0 Å². The van der Waals surface area contributed by atoms with Crippen LogP contribution < -0.4 is 0 Å². The molecular formula is C10H14N2. The molecule has 0 aromatic carbocycles. The zero-order valence-corrected chi connectivity index (χ0v) is 7.83. The van der Waals surface area contributed by atoms with E-state index in [1.807, 2.05) is 13.2 Å². The highest BCUT2D eigenvalue weighted by Crippen LogP contribution is 1.99. The summed E-state index contributed by atoms with van der Waals surface area (Å²) in [6.07, 6.45) is 4.82. The molecule has 1 aromatic rings. The molecule has 0 aliphatic carbocycles. The van der Waals surface area contributed by atoms with Gasteiger partial charge < -0.3 is 0 Å². The van der Waals surface area contributed by atoms with Gasteiger partial charge in [-0.2, -0.15) is 5.10 Å². The third kappa shape index (κ3) is 2.43. The molecular weight excluding hydrogens is 148 g/mol. The zero-order valence-electron chi connectivity index (χ0n) is 7.83. The van der Waals surface area contributed by atoms with Crippen LogP contribution in [-0.4, -0.2) is 9.78 Å². The van der Waals surface area contributed by atoms with Gasteiger partial charge in [0.2, 0.25) is 0 Å². The fourth-order valence-electron chi connectivity index (χ4n) is 0.794. The second-order valence-electron chi connectivity index (χ2n) is 2.98. The molecule has 0 saturated heterocycles. The van der Waals surface area contributed by atoms with Crippen LogP contribution in [0.15, 0.2) is 12.4 Å². The Bertz CT molecular complexity index is 301. The van der Waals surface area contributed by atoms with Crippen molar-refractivity contribution in [2.24, 2.45) is 13.0 Å². The van der Waals surface area contributed by atoms with Gasteiger partial charge in [-0.1, -0.05) is 25.7 Å². The lowest BCUT2D eigenvalue weighted by atomic mass is 10.1. The molecule has 12 heavy (non-hydrogen) atoms. The number of hydrogen-bond donors (Lipinski definition) is 0. The van der Waals surface area contributed by atoms with E-state index < -0.39 is 0 Å². The van der Waals surface area contributed by atoms with E-state index >= 15 is 0 Å². The molecule has 1 heterocycles. The Kier molecular flexibility index (Phi) is 2.93. The van der Waals surface area contributed by atoms with E-state index in [0.717, 1.165) is 12.0 Å². The average Bonchev–Trinajstić information content (AvgIpc) is 2.47. The van der Waals surface area contributed by atoms with Crippen molar-refractivity contribution in [1.82, 2.24) is 9.78 Å². The maximum Gasteiger partial charge on any atom is 0.0646 e. The molecule has 2 nitrogen and oxygen atoms in total. The molecule has 0 bridgehead atoms. The first-order valence-electron chi connectivity index (χ1n) is 4.22. The van der Waals surface area contributed by atoms with Crippen LogP contribution in [-0.2, 0) is 7.05 Å². The molecule has 1 unspecified atom stereocenters. The first-order valence-corrected chi connectivity index (χ1v) is 4.22. The van der Waals surface area contributed by atoms with Gasteiger partial charge in [0.15, 0.2) is 0 Å². The lowest BCUT2D eigenvalue weighted by molar-refractivity contribution is 0.723. The van der Waals surface area contributed by atoms with E-state index in [1.165, 1.54) is 0 Å². The lowest BCUT2D eigenvalue weighted by Crippen LogP contribution is -1.85. The Morgan fingerprint density at radius 1 is 1.67 bits per heavy atom. The van der Waals surface area contributed by atoms with Crippen LogP contribution in [0.1, 0.15) is 25.8 Å². The van der Waals surface area contributed by atoms with Gasteiger partial charge in [-0.25, -0.2) is 0 Å². The summed E-state index contributed by atoms with van der Waals surface area (Å²) >= 11 is 0. The Morgan fingerprint density at radius 3 is 2.92 bits per heavy atom. The predicted octanol–water partition coefficient (Wildman–Crippen LogP) is 1.82. The van der Waals surface area contributed by atoms with Gasteiger partial charge in [-0.3, -0.25) is 4.68 Å². The van der Waals surface area contributed by atoms with Gasteiger partial charge in [0.05, 0.1) is 11.8 Å². The van der Waals surface area contributed by atoms with Crippen molar-refractivity contribution < 1.29 is 0 Å². The summed E-state index contributed by atoms with van der Waals surface area (Å²) in [5.74, 6) is 6.72. The van der Waals surface area contributed by atoms with E-state index in [2.05, 4.69) is 30.8 Å². The van der Waals surface area contributed by atoms with Crippen LogP contribution in [0.3, 0.4) is 0 Å². The van der Waals surface area contributed by atoms with E-state index in [1.54, 1.807) is 10.9 Å². The quantitative estimate of drug-likeness (QED) is 0.576. The summed E-state index contributed by atoms with van der Waals surface area (Å²) in [7, 11) is 1.90. The Morgan fingerprint density at radius 2 is 2.42 bits per heavy atom. The van der Waals surface area contributed by atoms with Gasteiger partial charge in [0, 0.05) is 19.2 Å². The van der Waals surface area contributed by atoms with Crippen molar-refractivity contribution in [3.8, 4) is 11.8 Å². The molecule has 0 fully saturated rings. The molecule has 0 aliphatic rings. The second-order valence-corrected chi connectivity index (χ2v) is 2.98. The van der Waals surface area contributed by atoms with Crippen LogP contribution in [0.4, 0.5) is 0 Å². The van der Waals surface area contributed by atoms with Crippen molar-refractivity contribution in [1.29, 1.82) is 0 Å². The molecule has 1 rings (SSSR count). The third-order valence-corrected chi connectivity index (χ3v) is 1.78. The van der Waals surface area contributed by atoms with Crippen LogP contribution >= 0.6 is 0 Å². The molecule has 0 N–H and O–H groups in total. The SMILES string of the molecule is CCC(C)C#Cc1cnn(C)c1. The minimum atomic E-state index is 0.477. The summed E-state index contributed by atoms with van der Waals surface area (Å²) in [5, 5.41) is 4.03. The van der Waals surface area contributed by atoms with E-state index in [-0.39, 0.29) is 0 Å². The van der Waals surface area contributed by atoms with Crippen LogP contribution in [0.2, 0.25) is 0 Å². The number of aromatic nitrogens is 2. The monoisotopic (exact) mass is 162 g/mol. The Balaban J connectivity index is 2.66. The Hall–Kier alpha value is -1.23. The summed E-state index contributed by atoms with van der Waals surface area (Å²) in [6.45, 7) is 4.27. The van der Waals surface area contributed by atoms with Gasteiger partial charge in [-0.05, 0) is 6.42 Å². The first kappa shape index (κ1) is 8.86. The minimum Gasteiger partial charge on any atom is -0.275 e. The van der Waals surface area contributed by atoms with Gasteiger partial charge >= 0.3 is 0 Å². The van der Waals surface area contributed by atoms with Gasteiger partial charge in [0.25, 0.3) is 0 Å². The summed E-state index contributed by atoms with van der Waals surface area (Å²) in [4.78, 5) is 0. The van der Waals surface area contributed by atoms with Crippen LogP contribution in [0, 0.1) is 17.8 Å². The highest BCUT2D eigenvalue weighted by atomic mass is 15.2. The van der Waals surface area contributed by atoms with Crippen molar-refractivity contribution in [2.45, 2.75) is 20.3 Å². The second kappa shape index (κ2) is 3.96. The van der Waals surface area contributed by atoms with Crippen molar-refractivity contribution in [3.63, 3.8) is 0 Å². The molecule has 0 spiro atoms. The highest BCUT2D eigenvalue weighted by Gasteiger charge is 1.91. The molecule has 64 valence electrons. The lowest BCUT2D eigenvalue weighted by Gasteiger charge is -1.92. The molecule has 1 atom stereocenters. The largest absolute Gasteiger partial charge is 0.275 e. The average molecular weight is 162 g/mol. The molecule has 0 saturated carbocycles. The highest BCUT2D eigenvalue weighted by molar-refractivity contribution is 5.29. The predicted molar refractivity (Wildman–Crippen MR) is 49.5 cm³/mol. The fourth-order valence-corrected chi connectivity index (χ4v) is 0.794. The van der Waals surface area contributed by atoms with Crippen molar-refractivity contribution in [2.75, 3.05) is 0 Å². The summed E-state index contributed by atoms with van der Waals surface area (Å²) in [5.41, 5.74) is 0.998. The van der Waals surface area contributed by atoms with E-state index in [4.69, 9.17) is 0 Å². The maximum atomic E-state index is 4.03. The van der Waals surface area contributed by atoms with Crippen LogP contribution in [0.5, 0.6) is 0 Å². The van der Waals surface area contributed by atoms with Crippen LogP contribution in [0.25, 0.3) is 0 Å². The molecule has 0 amide bonds. The minimum absolute atomic E-state index is 0.477. The standard InChI is InChI=1S/C10H14N2/c1-4-9(2)5-6-10-7-11-12(3)8-10/h7-9H,4H2,1-3H3. The normalized spacial score (nSPS) is 11.9. The topological polar surface area (TPSA) is 17.8 Å². The number of rotatable bonds is 1. The van der Waals surface area contributed by atoms with Gasteiger partial charge in [0.1, 0.15) is 0 Å². The number of hydrogen-bond acceptors (Lipinski definition) is 1. The number of aryl methyl sites for hydroxylation is 1. The fraction of sp³-hybridized carbons (Fsp3) is 0.500. The summed E-state index contributed by atoms with van der Waals surface area (Å²) in [6, 6.07) is 0. The molecule has 0 aliphatic heterocycles. The molecule has 2 heteroatoms. The van der Waals surface area contributed by atoms with E-state index in [0.29, 0.717) is 5.92 Å². The van der Waals surface area contributed by atoms with E-state index in [9.17, 15) is 0 Å². The smallest absolute Gasteiger partial charge is 0.0646 e. The van der Waals surface area contributed by atoms with Crippen molar-refractivity contribution >= 4 is 0 Å². The third-order valence-electron chi connectivity index (χ3n) is 1.78. The summed E-state index contributed by atoms with van der Waals surface area (Å²) < 4.78 is 1.76. The first-order chi connectivity index (χ1) is 5.72.